The summed E-state index contributed by atoms with van der Waals surface area (Å²) in [4.78, 5) is 18.3. The van der Waals surface area contributed by atoms with Gasteiger partial charge in [0.2, 0.25) is 0 Å². The number of thioether (sulfide) groups is 1. The number of nitrogens with one attached hydrogen (secondary N) is 2. The fourth-order valence-electron chi connectivity index (χ4n) is 4.43. The number of pyridine rings is 1. The lowest BCUT2D eigenvalue weighted by atomic mass is 9.69. The van der Waals surface area contributed by atoms with Crippen LogP contribution in [0.4, 0.5) is 10.5 Å². The van der Waals surface area contributed by atoms with E-state index in [2.05, 4.69) is 45.9 Å². The summed E-state index contributed by atoms with van der Waals surface area (Å²) in [7, 11) is 0. The molecule has 3 aromatic rings. The Morgan fingerprint density at radius 1 is 1.03 bits per heavy atom. The van der Waals surface area contributed by atoms with Crippen LogP contribution in [0, 0.1) is 0 Å². The van der Waals surface area contributed by atoms with E-state index in [-0.39, 0.29) is 11.4 Å². The zero-order valence-corrected chi connectivity index (χ0v) is 17.6. The highest BCUT2D eigenvalue weighted by molar-refractivity contribution is 7.98. The number of fused-ring (bicyclic) bond motifs is 1. The molecule has 1 aliphatic rings. The smallest absolute Gasteiger partial charge is 0.319 e. The Morgan fingerprint density at radius 2 is 1.83 bits per heavy atom. The minimum Gasteiger partial charge on any atom is -0.337 e. The SMILES string of the molecule is CSc1ccc2ncccc2c1NC(=O)NCC1(c2ccccc2)CCCCC1. The molecule has 1 aliphatic carbocycles. The molecular weight excluding hydrogens is 378 g/mol. The summed E-state index contributed by atoms with van der Waals surface area (Å²) in [6.45, 7) is 0.653. The van der Waals surface area contributed by atoms with Crippen molar-refractivity contribution in [2.45, 2.75) is 42.4 Å². The zero-order valence-electron chi connectivity index (χ0n) is 16.8. The highest BCUT2D eigenvalue weighted by atomic mass is 32.2. The van der Waals surface area contributed by atoms with Crippen molar-refractivity contribution >= 4 is 34.4 Å². The van der Waals surface area contributed by atoms with E-state index >= 15 is 0 Å². The number of aromatic nitrogens is 1. The van der Waals surface area contributed by atoms with Crippen LogP contribution in [0.2, 0.25) is 0 Å². The first-order valence-electron chi connectivity index (χ1n) is 10.2. The molecule has 1 saturated carbocycles. The van der Waals surface area contributed by atoms with Crippen LogP contribution in [-0.4, -0.2) is 23.8 Å². The topological polar surface area (TPSA) is 54.0 Å². The van der Waals surface area contributed by atoms with E-state index in [1.54, 1.807) is 18.0 Å². The molecule has 0 saturated heterocycles. The van der Waals surface area contributed by atoms with Gasteiger partial charge in [-0.1, -0.05) is 49.6 Å². The molecule has 150 valence electrons. The Kier molecular flexibility index (Phi) is 6.05. The molecule has 2 N–H and O–H groups in total. The number of carbonyl (C=O) groups excluding carboxylic acids is 1. The number of benzene rings is 2. The average Bonchev–Trinajstić information content (AvgIpc) is 2.79. The van der Waals surface area contributed by atoms with Gasteiger partial charge in [0, 0.05) is 28.4 Å². The third-order valence-electron chi connectivity index (χ3n) is 5.99. The second-order valence-corrected chi connectivity index (χ2v) is 8.58. The van der Waals surface area contributed by atoms with Gasteiger partial charge in [0.05, 0.1) is 11.2 Å². The van der Waals surface area contributed by atoms with Crippen molar-refractivity contribution in [2.24, 2.45) is 0 Å². The van der Waals surface area contributed by atoms with Crippen molar-refractivity contribution in [3.63, 3.8) is 0 Å². The number of urea groups is 1. The number of nitrogens with zero attached hydrogens (tertiary/aromatic N) is 1. The van der Waals surface area contributed by atoms with Crippen LogP contribution in [0.25, 0.3) is 10.9 Å². The van der Waals surface area contributed by atoms with Gasteiger partial charge in [-0.15, -0.1) is 11.8 Å². The number of hydrogen-bond acceptors (Lipinski definition) is 3. The van der Waals surface area contributed by atoms with Crippen molar-refractivity contribution < 1.29 is 4.79 Å². The first-order chi connectivity index (χ1) is 14.2. The highest BCUT2D eigenvalue weighted by Crippen LogP contribution is 2.39. The van der Waals surface area contributed by atoms with Gasteiger partial charge in [-0.3, -0.25) is 4.98 Å². The van der Waals surface area contributed by atoms with Crippen molar-refractivity contribution in [3.8, 4) is 0 Å². The van der Waals surface area contributed by atoms with E-state index in [0.717, 1.165) is 34.3 Å². The van der Waals surface area contributed by atoms with Crippen LogP contribution in [-0.2, 0) is 5.41 Å². The van der Waals surface area contributed by atoms with E-state index in [4.69, 9.17) is 0 Å². The van der Waals surface area contributed by atoms with Crippen molar-refractivity contribution in [3.05, 3.63) is 66.4 Å². The molecule has 0 bridgehead atoms. The van der Waals surface area contributed by atoms with Gasteiger partial charge >= 0.3 is 6.03 Å². The molecule has 5 heteroatoms. The summed E-state index contributed by atoms with van der Waals surface area (Å²) in [5.41, 5.74) is 3.07. The molecule has 4 rings (SSSR count). The molecular formula is C24H27N3OS. The number of amides is 2. The van der Waals surface area contributed by atoms with E-state index in [1.165, 1.54) is 24.8 Å². The first kappa shape index (κ1) is 19.8. The van der Waals surface area contributed by atoms with Gasteiger partial charge in [0.25, 0.3) is 0 Å². The minimum absolute atomic E-state index is 0.0273. The summed E-state index contributed by atoms with van der Waals surface area (Å²) < 4.78 is 0. The Labute approximate surface area is 176 Å². The maximum absolute atomic E-state index is 12.9. The molecule has 0 spiro atoms. The van der Waals surface area contributed by atoms with Gasteiger partial charge < -0.3 is 10.6 Å². The molecule has 0 unspecified atom stereocenters. The Balaban J connectivity index is 1.53. The van der Waals surface area contributed by atoms with Crippen LogP contribution in [0.1, 0.15) is 37.7 Å². The van der Waals surface area contributed by atoms with E-state index in [9.17, 15) is 4.79 Å². The monoisotopic (exact) mass is 405 g/mol. The van der Waals surface area contributed by atoms with Crippen LogP contribution >= 0.6 is 11.8 Å². The van der Waals surface area contributed by atoms with Crippen LogP contribution < -0.4 is 10.6 Å². The number of rotatable bonds is 5. The predicted molar refractivity (Wildman–Crippen MR) is 122 cm³/mol. The molecule has 29 heavy (non-hydrogen) atoms. The summed E-state index contributed by atoms with van der Waals surface area (Å²) in [6.07, 6.45) is 9.73. The molecule has 1 fully saturated rings. The lowest BCUT2D eigenvalue weighted by molar-refractivity contribution is 0.240. The summed E-state index contributed by atoms with van der Waals surface area (Å²) >= 11 is 1.62. The normalized spacial score (nSPS) is 15.8. The summed E-state index contributed by atoms with van der Waals surface area (Å²) in [5.74, 6) is 0. The standard InChI is InChI=1S/C24H27N3OS/c1-29-21-13-12-20-19(11-8-16-25-20)22(21)27-23(28)26-17-24(14-6-3-7-15-24)18-9-4-2-5-10-18/h2,4-5,8-13,16H,3,6-7,14-15,17H2,1H3,(H2,26,27,28). The Bertz CT molecular complexity index is 984. The Morgan fingerprint density at radius 3 is 2.59 bits per heavy atom. The number of carbonyl (C=O) groups is 1. The summed E-state index contributed by atoms with van der Waals surface area (Å²) in [6, 6.07) is 18.4. The van der Waals surface area contributed by atoms with E-state index in [0.29, 0.717) is 6.54 Å². The molecule has 4 nitrogen and oxygen atoms in total. The average molecular weight is 406 g/mol. The van der Waals surface area contributed by atoms with E-state index in [1.807, 2.05) is 30.5 Å². The maximum atomic E-state index is 12.9. The molecule has 1 aromatic heterocycles. The van der Waals surface area contributed by atoms with Gasteiger partial charge in [0.15, 0.2) is 0 Å². The van der Waals surface area contributed by atoms with Crippen molar-refractivity contribution in [1.29, 1.82) is 0 Å². The first-order valence-corrected chi connectivity index (χ1v) is 11.5. The van der Waals surface area contributed by atoms with Crippen molar-refractivity contribution in [1.82, 2.24) is 10.3 Å². The van der Waals surface area contributed by atoms with Gasteiger partial charge in [0.1, 0.15) is 0 Å². The minimum atomic E-state index is -0.155. The fraction of sp³-hybridized carbons (Fsp3) is 0.333. The lowest BCUT2D eigenvalue weighted by Crippen LogP contribution is -2.43. The van der Waals surface area contributed by atoms with Gasteiger partial charge in [-0.05, 0) is 48.9 Å². The van der Waals surface area contributed by atoms with Gasteiger partial charge in [-0.25, -0.2) is 4.79 Å². The highest BCUT2D eigenvalue weighted by Gasteiger charge is 2.34. The number of anilines is 1. The second kappa shape index (κ2) is 8.87. The molecule has 2 amide bonds. The van der Waals surface area contributed by atoms with E-state index < -0.39 is 0 Å². The third-order valence-corrected chi connectivity index (χ3v) is 6.77. The summed E-state index contributed by atoms with van der Waals surface area (Å²) in [5, 5.41) is 7.24. The maximum Gasteiger partial charge on any atom is 0.319 e. The molecule has 1 heterocycles. The predicted octanol–water partition coefficient (Wildman–Crippen LogP) is 5.98. The molecule has 0 atom stereocenters. The quantitative estimate of drug-likeness (QED) is 0.513. The molecule has 2 aromatic carbocycles. The second-order valence-electron chi connectivity index (χ2n) is 7.73. The van der Waals surface area contributed by atoms with Crippen LogP contribution in [0.5, 0.6) is 0 Å². The lowest BCUT2D eigenvalue weighted by Gasteiger charge is -2.38. The Hall–Kier alpha value is -2.53. The largest absolute Gasteiger partial charge is 0.337 e. The molecule has 0 radical (unpaired) electrons. The molecule has 0 aliphatic heterocycles. The van der Waals surface area contributed by atoms with Crippen molar-refractivity contribution in [2.75, 3.05) is 18.1 Å². The van der Waals surface area contributed by atoms with Crippen LogP contribution in [0.3, 0.4) is 0 Å². The fourth-order valence-corrected chi connectivity index (χ4v) is 5.00. The third kappa shape index (κ3) is 4.25. The number of hydrogen-bond donors (Lipinski definition) is 2. The zero-order chi connectivity index (χ0) is 20.1. The van der Waals surface area contributed by atoms with Gasteiger partial charge in [-0.2, -0.15) is 0 Å². The van der Waals surface area contributed by atoms with Crippen LogP contribution in [0.15, 0.2) is 65.7 Å².